The third-order valence-corrected chi connectivity index (χ3v) is 7.99. The summed E-state index contributed by atoms with van der Waals surface area (Å²) in [5.41, 5.74) is 0. The van der Waals surface area contributed by atoms with Gasteiger partial charge >= 0.3 is 21.7 Å². The van der Waals surface area contributed by atoms with Gasteiger partial charge < -0.3 is 29.2 Å². The normalized spacial score (nSPS) is 9.10. The van der Waals surface area contributed by atoms with Gasteiger partial charge in [-0.25, -0.2) is 24.3 Å². The first-order valence-electron chi connectivity index (χ1n) is 6.83. The van der Waals surface area contributed by atoms with Gasteiger partial charge in [0.05, 0.1) is 0 Å². The molecule has 0 spiro atoms. The Kier molecular flexibility index (Phi) is 18.4. The molecule has 1 nitrogen and oxygen atoms in total. The summed E-state index contributed by atoms with van der Waals surface area (Å²) in [5.74, 6) is 1.07. The zero-order valence-corrected chi connectivity index (χ0v) is 17.1. The Morgan fingerprint density at radius 3 is 1.57 bits per heavy atom. The number of rotatable bonds is 5. The molecule has 0 heterocycles. The van der Waals surface area contributed by atoms with Crippen LogP contribution in [0.5, 0.6) is 5.75 Å². The third-order valence-electron chi connectivity index (χ3n) is 3.46. The molecular formula is C16H24Cl2OSiTi. The minimum atomic E-state index is -1.42. The second-order valence-corrected chi connectivity index (χ2v) is 9.12. The summed E-state index contributed by atoms with van der Waals surface area (Å²) in [6.07, 6.45) is 0. The Hall–Kier alpha value is 0.0112. The average molecular weight is 379 g/mol. The van der Waals surface area contributed by atoms with Crippen molar-refractivity contribution in [3.05, 3.63) is 54.6 Å². The fourth-order valence-corrected chi connectivity index (χ4v) is 4.53. The van der Waals surface area contributed by atoms with E-state index in [0.717, 1.165) is 5.75 Å². The molecule has 0 radical (unpaired) electrons. The standard InChI is InChI=1S/C11H19OSi.C5H5.2ClH.Ti/c1-4-13(5-2,6-3)12-11-9-7-8-10-11;1-2-4-5-3-1;;;/h7-10H,4-6H2,1-3H3;1-5H;2*1H;/q2*-1;;;+4/p-2. The van der Waals surface area contributed by atoms with Crippen molar-refractivity contribution < 1.29 is 51.0 Å². The minimum Gasteiger partial charge on any atom is -1.00 e. The van der Waals surface area contributed by atoms with Crippen molar-refractivity contribution in [3.63, 3.8) is 0 Å². The van der Waals surface area contributed by atoms with E-state index < -0.39 is 8.32 Å². The van der Waals surface area contributed by atoms with E-state index in [4.69, 9.17) is 4.43 Å². The molecule has 5 heteroatoms. The molecule has 0 N–H and O–H groups in total. The van der Waals surface area contributed by atoms with Crippen molar-refractivity contribution in [2.75, 3.05) is 0 Å². The topological polar surface area (TPSA) is 9.23 Å². The van der Waals surface area contributed by atoms with Crippen LogP contribution in [0.3, 0.4) is 0 Å². The monoisotopic (exact) mass is 378 g/mol. The van der Waals surface area contributed by atoms with Gasteiger partial charge in [-0.1, -0.05) is 20.8 Å². The molecule has 0 saturated carbocycles. The van der Waals surface area contributed by atoms with Crippen LogP contribution in [-0.2, 0) is 21.7 Å². The number of hydrogen-bond donors (Lipinski definition) is 0. The van der Waals surface area contributed by atoms with Gasteiger partial charge in [-0.3, -0.25) is 0 Å². The van der Waals surface area contributed by atoms with E-state index in [1.165, 1.54) is 18.1 Å². The summed E-state index contributed by atoms with van der Waals surface area (Å²) < 4.78 is 6.13. The Morgan fingerprint density at radius 2 is 1.29 bits per heavy atom. The molecular weight excluding hydrogens is 355 g/mol. The summed E-state index contributed by atoms with van der Waals surface area (Å²) in [4.78, 5) is 0. The molecule has 2 rings (SSSR count). The number of halogens is 2. The van der Waals surface area contributed by atoms with Crippen molar-refractivity contribution in [1.29, 1.82) is 0 Å². The zero-order valence-electron chi connectivity index (χ0n) is 13.0. The van der Waals surface area contributed by atoms with E-state index in [1.807, 2.05) is 42.5 Å². The smallest absolute Gasteiger partial charge is 1.00 e. The molecule has 0 saturated heterocycles. The molecule has 0 atom stereocenters. The molecule has 2 aromatic carbocycles. The molecule has 0 aliphatic heterocycles. The second kappa shape index (κ2) is 14.9. The fourth-order valence-electron chi connectivity index (χ4n) is 1.96. The van der Waals surface area contributed by atoms with Crippen LogP contribution in [0.1, 0.15) is 20.8 Å². The second-order valence-electron chi connectivity index (χ2n) is 4.43. The number of hydrogen-bond acceptors (Lipinski definition) is 1. The maximum absolute atomic E-state index is 6.13. The largest absolute Gasteiger partial charge is 4.00 e. The van der Waals surface area contributed by atoms with Gasteiger partial charge in [0.1, 0.15) is 0 Å². The quantitative estimate of drug-likeness (QED) is 0.489. The maximum atomic E-state index is 6.13. The summed E-state index contributed by atoms with van der Waals surface area (Å²) in [6, 6.07) is 21.8. The first-order valence-corrected chi connectivity index (χ1v) is 9.36. The maximum Gasteiger partial charge on any atom is 4.00 e. The van der Waals surface area contributed by atoms with Gasteiger partial charge in [0, 0.05) is 0 Å². The fraction of sp³-hybridized carbons (Fsp3) is 0.375. The van der Waals surface area contributed by atoms with Crippen molar-refractivity contribution in [2.24, 2.45) is 0 Å². The van der Waals surface area contributed by atoms with Crippen LogP contribution in [0, 0.1) is 0 Å². The van der Waals surface area contributed by atoms with E-state index in [2.05, 4.69) is 32.9 Å². The van der Waals surface area contributed by atoms with Gasteiger partial charge in [-0.15, -0.1) is 12.1 Å². The summed E-state index contributed by atoms with van der Waals surface area (Å²) in [6.45, 7) is 6.76. The minimum absolute atomic E-state index is 0. The van der Waals surface area contributed by atoms with E-state index in [0.29, 0.717) is 0 Å². The Bertz CT molecular complexity index is 361. The van der Waals surface area contributed by atoms with Crippen LogP contribution in [-0.4, -0.2) is 8.32 Å². The summed E-state index contributed by atoms with van der Waals surface area (Å²) in [7, 11) is -1.42. The first kappa shape index (κ1) is 25.9. The van der Waals surface area contributed by atoms with E-state index in [1.54, 1.807) is 0 Å². The van der Waals surface area contributed by atoms with Crippen molar-refractivity contribution in [2.45, 2.75) is 38.9 Å². The predicted octanol–water partition coefficient (Wildman–Crippen LogP) is -0.799. The average Bonchev–Trinajstić information content (AvgIpc) is 3.11. The van der Waals surface area contributed by atoms with E-state index in [9.17, 15) is 0 Å². The molecule has 116 valence electrons. The molecule has 2 aromatic rings. The van der Waals surface area contributed by atoms with Crippen molar-refractivity contribution in [1.82, 2.24) is 0 Å². The molecule has 0 bridgehead atoms. The Labute approximate surface area is 158 Å². The van der Waals surface area contributed by atoms with Crippen LogP contribution >= 0.6 is 0 Å². The van der Waals surface area contributed by atoms with Crippen LogP contribution in [0.25, 0.3) is 0 Å². The summed E-state index contributed by atoms with van der Waals surface area (Å²) in [5, 5.41) is 0. The summed E-state index contributed by atoms with van der Waals surface area (Å²) >= 11 is 0. The van der Waals surface area contributed by atoms with Crippen LogP contribution in [0.15, 0.2) is 54.6 Å². The predicted molar refractivity (Wildman–Crippen MR) is 81.9 cm³/mol. The first-order chi connectivity index (χ1) is 8.76. The van der Waals surface area contributed by atoms with Gasteiger partial charge in [-0.2, -0.15) is 18.2 Å². The molecule has 0 aliphatic rings. The molecule has 0 amide bonds. The third kappa shape index (κ3) is 9.59. The Balaban J connectivity index is -0.000000349. The molecule has 21 heavy (non-hydrogen) atoms. The molecule has 0 aliphatic carbocycles. The zero-order chi connectivity index (χ0) is 13.3. The van der Waals surface area contributed by atoms with Gasteiger partial charge in [0.15, 0.2) is 0 Å². The van der Waals surface area contributed by atoms with Gasteiger partial charge in [-0.05, 0) is 23.9 Å². The van der Waals surface area contributed by atoms with Crippen LogP contribution in [0.4, 0.5) is 0 Å². The van der Waals surface area contributed by atoms with E-state index in [-0.39, 0.29) is 46.5 Å². The van der Waals surface area contributed by atoms with Crippen molar-refractivity contribution in [3.8, 4) is 5.75 Å². The SMILES string of the molecule is CC[Si](CC)(CC)O[c-]1cccc1.[Cl-].[Cl-].[Ti+4].c1cc[cH-]c1. The van der Waals surface area contributed by atoms with Crippen LogP contribution in [0.2, 0.25) is 18.1 Å². The molecule has 0 unspecified atom stereocenters. The van der Waals surface area contributed by atoms with Crippen molar-refractivity contribution >= 4 is 8.32 Å². The molecule has 0 fully saturated rings. The van der Waals surface area contributed by atoms with E-state index >= 15 is 0 Å². The van der Waals surface area contributed by atoms with Crippen LogP contribution < -0.4 is 29.2 Å². The Morgan fingerprint density at radius 1 is 0.857 bits per heavy atom. The van der Waals surface area contributed by atoms with Gasteiger partial charge in [0.25, 0.3) is 0 Å². The van der Waals surface area contributed by atoms with Gasteiger partial charge in [0.2, 0.25) is 8.32 Å². The molecule has 0 aromatic heterocycles.